The molecule has 58 heavy (non-hydrogen) atoms. The minimum Gasteiger partial charge on any atom is -0.238 e. The Morgan fingerprint density at radius 1 is 0.414 bits per heavy atom. The summed E-state index contributed by atoms with van der Waals surface area (Å²) in [6, 6.07) is 68.9. The van der Waals surface area contributed by atoms with Gasteiger partial charge in [-0.25, -0.2) is 14.8 Å². The molecule has 0 saturated carbocycles. The van der Waals surface area contributed by atoms with Crippen molar-refractivity contribution in [3.05, 3.63) is 211 Å². The Hall–Kier alpha value is -8.18. The Morgan fingerprint density at radius 2 is 0.983 bits per heavy atom. The molecule has 0 N–H and O–H groups in total. The van der Waals surface area contributed by atoms with Crippen LogP contribution in [-0.2, 0) is 0 Å². The van der Waals surface area contributed by atoms with E-state index >= 15 is 0 Å². The van der Waals surface area contributed by atoms with Gasteiger partial charge in [0.05, 0.1) is 29.4 Å². The van der Waals surface area contributed by atoms with Gasteiger partial charge in [0, 0.05) is 22.1 Å². The third-order valence-corrected chi connectivity index (χ3v) is 10.9. The van der Waals surface area contributed by atoms with Crippen LogP contribution in [0.15, 0.2) is 194 Å². The van der Waals surface area contributed by atoms with E-state index in [-0.39, 0.29) is 0 Å². The molecule has 10 aromatic rings. The number of nitrogens with zero attached hydrogens (tertiary/aromatic N) is 4. The number of hydrogen-bond acceptors (Lipinski definition) is 3. The number of nitriles is 1. The highest BCUT2D eigenvalue weighted by Gasteiger charge is 2.20. The van der Waals surface area contributed by atoms with Gasteiger partial charge in [0.1, 0.15) is 0 Å². The molecule has 4 heteroatoms. The highest BCUT2D eigenvalue weighted by atomic mass is 14.9. The van der Waals surface area contributed by atoms with Gasteiger partial charge in [-0.1, -0.05) is 164 Å². The van der Waals surface area contributed by atoms with Gasteiger partial charge in [-0.05, 0) is 90.8 Å². The second-order valence-electron chi connectivity index (χ2n) is 14.4. The quantitative estimate of drug-likeness (QED) is 0.160. The second kappa shape index (κ2) is 14.5. The topological polar surface area (TPSA) is 53.9 Å². The van der Waals surface area contributed by atoms with Gasteiger partial charge in [0.15, 0.2) is 11.5 Å². The Labute approximate surface area is 336 Å². The molecule has 1 aromatic heterocycles. The Kier molecular flexibility index (Phi) is 8.57. The summed E-state index contributed by atoms with van der Waals surface area (Å²) < 4.78 is 0. The molecule has 0 aliphatic heterocycles. The lowest BCUT2D eigenvalue weighted by molar-refractivity contribution is 1.23. The van der Waals surface area contributed by atoms with Crippen molar-refractivity contribution in [3.63, 3.8) is 0 Å². The third-order valence-electron chi connectivity index (χ3n) is 10.9. The SMILES string of the molecule is [C-]#[N+]c1cccc(-c2ccc(-c3nc(-c4ccc(-c5cccc(C#N)c5)cc4)nc4c(-c5cccc6ccccc56)cc(-c5cccc6ccccc56)cc34)cc2)c1. The summed E-state index contributed by atoms with van der Waals surface area (Å²) in [5.74, 6) is 0.619. The lowest BCUT2D eigenvalue weighted by Crippen LogP contribution is -1.98. The first-order valence-electron chi connectivity index (χ1n) is 19.1. The van der Waals surface area contributed by atoms with E-state index in [0.717, 1.165) is 83.0 Å². The number of hydrogen-bond donors (Lipinski definition) is 0. The minimum atomic E-state index is 0.610. The highest BCUT2D eigenvalue weighted by molar-refractivity contribution is 6.10. The van der Waals surface area contributed by atoms with Gasteiger partial charge < -0.3 is 0 Å². The Balaban J connectivity index is 1.24. The summed E-state index contributed by atoms with van der Waals surface area (Å²) in [7, 11) is 0. The number of benzene rings is 9. The van der Waals surface area contributed by atoms with Crippen LogP contribution in [0.1, 0.15) is 5.56 Å². The zero-order chi connectivity index (χ0) is 39.0. The monoisotopic (exact) mass is 736 g/mol. The predicted molar refractivity (Wildman–Crippen MR) is 238 cm³/mol. The summed E-state index contributed by atoms with van der Waals surface area (Å²) in [5.41, 5.74) is 13.1. The summed E-state index contributed by atoms with van der Waals surface area (Å²) in [4.78, 5) is 14.5. The largest absolute Gasteiger partial charge is 0.238 e. The van der Waals surface area contributed by atoms with Gasteiger partial charge in [-0.15, -0.1) is 0 Å². The molecule has 268 valence electrons. The molecule has 1 heterocycles. The van der Waals surface area contributed by atoms with Crippen LogP contribution in [0.3, 0.4) is 0 Å². The fraction of sp³-hybridized carbons (Fsp3) is 0. The average Bonchev–Trinajstić information content (AvgIpc) is 3.30. The third kappa shape index (κ3) is 6.22. The van der Waals surface area contributed by atoms with E-state index in [1.807, 2.05) is 48.5 Å². The average molecular weight is 737 g/mol. The lowest BCUT2D eigenvalue weighted by atomic mass is 9.89. The molecule has 9 aromatic carbocycles. The van der Waals surface area contributed by atoms with Crippen molar-refractivity contribution in [2.24, 2.45) is 0 Å². The van der Waals surface area contributed by atoms with Gasteiger partial charge in [0.25, 0.3) is 0 Å². The molecule has 0 saturated heterocycles. The van der Waals surface area contributed by atoms with Crippen LogP contribution in [-0.4, -0.2) is 9.97 Å². The van der Waals surface area contributed by atoms with Gasteiger partial charge in [-0.2, -0.15) is 5.26 Å². The maximum atomic E-state index is 9.52. The standard InChI is InChI=1S/C54H32N4/c1-56-45-17-7-16-43(31-45)37-22-26-40(27-23-37)52-51-33-44(48-20-8-13-38-11-2-4-18-46(38)48)32-50(49-21-9-14-39-12-3-5-19-47(39)49)53(51)58-54(57-52)41-28-24-36(25-29-41)42-15-6-10-35(30-42)34-55/h2-33H. The summed E-state index contributed by atoms with van der Waals surface area (Å²) in [5, 5.41) is 15.1. The molecule has 10 rings (SSSR count). The molecule has 4 nitrogen and oxygen atoms in total. The summed E-state index contributed by atoms with van der Waals surface area (Å²) in [6.45, 7) is 7.54. The lowest BCUT2D eigenvalue weighted by Gasteiger charge is -2.17. The molecule has 0 spiro atoms. The Morgan fingerprint density at radius 3 is 1.67 bits per heavy atom. The number of rotatable bonds is 6. The van der Waals surface area contributed by atoms with Gasteiger partial charge in [-0.3, -0.25) is 0 Å². The van der Waals surface area contributed by atoms with Crippen molar-refractivity contribution in [1.29, 1.82) is 5.26 Å². The van der Waals surface area contributed by atoms with Crippen LogP contribution in [0.25, 0.3) is 104 Å². The first-order chi connectivity index (χ1) is 28.6. The normalized spacial score (nSPS) is 11.1. The van der Waals surface area contributed by atoms with E-state index in [2.05, 4.69) is 157 Å². The first kappa shape index (κ1) is 34.3. The van der Waals surface area contributed by atoms with Gasteiger partial charge >= 0.3 is 0 Å². The summed E-state index contributed by atoms with van der Waals surface area (Å²) >= 11 is 0. The molecule has 0 amide bonds. The smallest absolute Gasteiger partial charge is 0.187 e. The highest BCUT2D eigenvalue weighted by Crippen LogP contribution is 2.42. The molecule has 0 unspecified atom stereocenters. The predicted octanol–water partition coefficient (Wildman–Crippen LogP) is 14.4. The molecule has 0 bridgehead atoms. The van der Waals surface area contributed by atoms with Crippen molar-refractivity contribution < 1.29 is 0 Å². The number of aromatic nitrogens is 2. The molecular formula is C54H32N4. The van der Waals surface area contributed by atoms with Crippen molar-refractivity contribution in [1.82, 2.24) is 9.97 Å². The van der Waals surface area contributed by atoms with Crippen LogP contribution in [0.2, 0.25) is 0 Å². The van der Waals surface area contributed by atoms with E-state index in [1.54, 1.807) is 0 Å². The first-order valence-corrected chi connectivity index (χ1v) is 19.1. The maximum absolute atomic E-state index is 9.52. The second-order valence-corrected chi connectivity index (χ2v) is 14.4. The molecular weight excluding hydrogens is 705 g/mol. The van der Waals surface area contributed by atoms with E-state index < -0.39 is 0 Å². The van der Waals surface area contributed by atoms with Crippen LogP contribution < -0.4 is 0 Å². The van der Waals surface area contributed by atoms with E-state index in [1.165, 1.54) is 10.8 Å². The van der Waals surface area contributed by atoms with Crippen molar-refractivity contribution >= 4 is 38.1 Å². The zero-order valence-electron chi connectivity index (χ0n) is 31.3. The van der Waals surface area contributed by atoms with Crippen molar-refractivity contribution in [2.75, 3.05) is 0 Å². The molecule has 0 aliphatic carbocycles. The van der Waals surface area contributed by atoms with E-state index in [0.29, 0.717) is 17.1 Å². The van der Waals surface area contributed by atoms with Gasteiger partial charge in [0.2, 0.25) is 0 Å². The zero-order valence-corrected chi connectivity index (χ0v) is 31.3. The molecule has 0 fully saturated rings. The van der Waals surface area contributed by atoms with Crippen LogP contribution >= 0.6 is 0 Å². The molecule has 0 radical (unpaired) electrons. The van der Waals surface area contributed by atoms with Crippen LogP contribution in [0.4, 0.5) is 5.69 Å². The Bertz CT molecular complexity index is 3280. The van der Waals surface area contributed by atoms with E-state index in [9.17, 15) is 5.26 Å². The fourth-order valence-electron chi connectivity index (χ4n) is 8.04. The minimum absolute atomic E-state index is 0.610. The van der Waals surface area contributed by atoms with E-state index in [4.69, 9.17) is 16.5 Å². The fourth-order valence-corrected chi connectivity index (χ4v) is 8.04. The number of fused-ring (bicyclic) bond motifs is 3. The van der Waals surface area contributed by atoms with Crippen molar-refractivity contribution in [2.45, 2.75) is 0 Å². The van der Waals surface area contributed by atoms with Crippen LogP contribution in [0.5, 0.6) is 0 Å². The maximum Gasteiger partial charge on any atom is 0.187 e. The molecule has 0 atom stereocenters. The summed E-state index contributed by atoms with van der Waals surface area (Å²) in [6.07, 6.45) is 0. The van der Waals surface area contributed by atoms with Crippen molar-refractivity contribution in [3.8, 4) is 73.2 Å². The molecule has 0 aliphatic rings. The van der Waals surface area contributed by atoms with Crippen LogP contribution in [0, 0.1) is 17.9 Å².